The van der Waals surface area contributed by atoms with Crippen LogP contribution >= 0.6 is 0 Å². The zero-order valence-electron chi connectivity index (χ0n) is 10.6. The van der Waals surface area contributed by atoms with E-state index in [0.717, 1.165) is 12.8 Å². The minimum atomic E-state index is -0.850. The monoisotopic (exact) mass is 239 g/mol. The molecule has 1 N–H and O–H groups in total. The SMILES string of the molecule is CCN(CC(C)C(=O)O)C(=O)CC1C=CCC1. The zero-order chi connectivity index (χ0) is 12.8. The molecule has 0 aliphatic heterocycles. The van der Waals surface area contributed by atoms with Gasteiger partial charge in [0.15, 0.2) is 0 Å². The minimum Gasteiger partial charge on any atom is -0.481 e. The molecule has 0 aromatic carbocycles. The Morgan fingerprint density at radius 1 is 1.53 bits per heavy atom. The molecule has 17 heavy (non-hydrogen) atoms. The highest BCUT2D eigenvalue weighted by Crippen LogP contribution is 2.21. The molecule has 0 bridgehead atoms. The number of carbonyl (C=O) groups is 2. The molecule has 2 atom stereocenters. The second kappa shape index (κ2) is 6.42. The first-order valence-corrected chi connectivity index (χ1v) is 6.21. The van der Waals surface area contributed by atoms with Gasteiger partial charge >= 0.3 is 5.97 Å². The third-order valence-electron chi connectivity index (χ3n) is 3.20. The van der Waals surface area contributed by atoms with Gasteiger partial charge in [-0.25, -0.2) is 0 Å². The summed E-state index contributed by atoms with van der Waals surface area (Å²) in [4.78, 5) is 24.4. The van der Waals surface area contributed by atoms with Crippen LogP contribution in [-0.4, -0.2) is 35.0 Å². The Kier molecular flexibility index (Phi) is 5.19. The lowest BCUT2D eigenvalue weighted by atomic mass is 10.0. The zero-order valence-corrected chi connectivity index (χ0v) is 10.6. The van der Waals surface area contributed by atoms with E-state index < -0.39 is 11.9 Å². The van der Waals surface area contributed by atoms with Crippen molar-refractivity contribution in [1.29, 1.82) is 0 Å². The average molecular weight is 239 g/mol. The van der Waals surface area contributed by atoms with Crippen molar-refractivity contribution in [3.05, 3.63) is 12.2 Å². The van der Waals surface area contributed by atoms with Crippen molar-refractivity contribution < 1.29 is 14.7 Å². The third-order valence-corrected chi connectivity index (χ3v) is 3.20. The number of rotatable bonds is 6. The van der Waals surface area contributed by atoms with E-state index in [0.29, 0.717) is 25.4 Å². The quantitative estimate of drug-likeness (QED) is 0.720. The molecule has 1 aliphatic rings. The summed E-state index contributed by atoms with van der Waals surface area (Å²) in [5, 5.41) is 8.84. The van der Waals surface area contributed by atoms with E-state index in [9.17, 15) is 9.59 Å². The lowest BCUT2D eigenvalue weighted by molar-refractivity contribution is -0.143. The van der Waals surface area contributed by atoms with Gasteiger partial charge in [0.1, 0.15) is 0 Å². The topological polar surface area (TPSA) is 57.6 Å². The van der Waals surface area contributed by atoms with Crippen molar-refractivity contribution in [3.8, 4) is 0 Å². The molecule has 0 aromatic rings. The fourth-order valence-corrected chi connectivity index (χ4v) is 2.03. The highest BCUT2D eigenvalue weighted by molar-refractivity contribution is 5.78. The first-order valence-electron chi connectivity index (χ1n) is 6.21. The maximum atomic E-state index is 12.0. The largest absolute Gasteiger partial charge is 0.481 e. The van der Waals surface area contributed by atoms with Gasteiger partial charge in [-0.05, 0) is 25.7 Å². The standard InChI is InChI=1S/C13H21NO3/c1-3-14(9-10(2)13(16)17)12(15)8-11-6-4-5-7-11/h4,6,10-11H,3,5,7-9H2,1-2H3,(H,16,17). The van der Waals surface area contributed by atoms with Crippen molar-refractivity contribution >= 4 is 11.9 Å². The molecule has 0 radical (unpaired) electrons. The van der Waals surface area contributed by atoms with E-state index >= 15 is 0 Å². The molecular weight excluding hydrogens is 218 g/mol. The van der Waals surface area contributed by atoms with Gasteiger partial charge in [0.25, 0.3) is 0 Å². The number of carboxylic acid groups (broad SMARTS) is 1. The molecule has 0 aromatic heterocycles. The van der Waals surface area contributed by atoms with E-state index in [-0.39, 0.29) is 5.91 Å². The Balaban J connectivity index is 2.45. The normalized spacial score (nSPS) is 20.2. The summed E-state index contributed by atoms with van der Waals surface area (Å²) in [5.41, 5.74) is 0. The molecule has 96 valence electrons. The Hall–Kier alpha value is -1.32. The molecule has 4 heteroatoms. The van der Waals surface area contributed by atoms with Crippen LogP contribution in [0.3, 0.4) is 0 Å². The van der Waals surface area contributed by atoms with E-state index in [1.165, 1.54) is 0 Å². The summed E-state index contributed by atoms with van der Waals surface area (Å²) in [6, 6.07) is 0. The maximum absolute atomic E-state index is 12.0. The number of nitrogens with zero attached hydrogens (tertiary/aromatic N) is 1. The van der Waals surface area contributed by atoms with Crippen molar-refractivity contribution in [1.82, 2.24) is 4.90 Å². The third kappa shape index (κ3) is 4.21. The van der Waals surface area contributed by atoms with E-state index in [1.54, 1.807) is 11.8 Å². The Morgan fingerprint density at radius 2 is 2.24 bits per heavy atom. The van der Waals surface area contributed by atoms with Crippen LogP contribution in [0.5, 0.6) is 0 Å². The predicted molar refractivity (Wildman–Crippen MR) is 65.5 cm³/mol. The highest BCUT2D eigenvalue weighted by Gasteiger charge is 2.21. The van der Waals surface area contributed by atoms with Crippen LogP contribution in [0.15, 0.2) is 12.2 Å². The lowest BCUT2D eigenvalue weighted by Gasteiger charge is -2.24. The molecule has 0 saturated heterocycles. The van der Waals surface area contributed by atoms with Gasteiger partial charge in [-0.15, -0.1) is 0 Å². The molecule has 0 spiro atoms. The molecule has 1 aliphatic carbocycles. The number of aliphatic carboxylic acids is 1. The van der Waals surface area contributed by atoms with Crippen LogP contribution in [0.25, 0.3) is 0 Å². The van der Waals surface area contributed by atoms with Crippen molar-refractivity contribution in [2.45, 2.75) is 33.1 Å². The Labute approximate surface area is 102 Å². The highest BCUT2D eigenvalue weighted by atomic mass is 16.4. The summed E-state index contributed by atoms with van der Waals surface area (Å²) >= 11 is 0. The van der Waals surface area contributed by atoms with Gasteiger partial charge in [0.05, 0.1) is 5.92 Å². The number of amides is 1. The second-order valence-corrected chi connectivity index (χ2v) is 4.64. The molecule has 1 rings (SSSR count). The van der Waals surface area contributed by atoms with Crippen molar-refractivity contribution in [3.63, 3.8) is 0 Å². The van der Waals surface area contributed by atoms with E-state index in [2.05, 4.69) is 12.2 Å². The van der Waals surface area contributed by atoms with Crippen molar-refractivity contribution in [2.75, 3.05) is 13.1 Å². The minimum absolute atomic E-state index is 0.0668. The lowest BCUT2D eigenvalue weighted by Crippen LogP contribution is -2.37. The molecular formula is C13H21NO3. The van der Waals surface area contributed by atoms with Gasteiger partial charge in [-0.2, -0.15) is 0 Å². The van der Waals surface area contributed by atoms with Gasteiger partial charge in [0.2, 0.25) is 5.91 Å². The van der Waals surface area contributed by atoms with Gasteiger partial charge < -0.3 is 10.0 Å². The molecule has 2 unspecified atom stereocenters. The van der Waals surface area contributed by atoms with Crippen molar-refractivity contribution in [2.24, 2.45) is 11.8 Å². The predicted octanol–water partition coefficient (Wildman–Crippen LogP) is 1.91. The van der Waals surface area contributed by atoms with Crippen LogP contribution in [0, 0.1) is 11.8 Å². The number of carboxylic acids is 1. The summed E-state index contributed by atoms with van der Waals surface area (Å²) in [5.74, 6) is -0.941. The molecule has 0 heterocycles. The number of allylic oxidation sites excluding steroid dienone is 2. The second-order valence-electron chi connectivity index (χ2n) is 4.64. The first-order chi connectivity index (χ1) is 8.04. The number of carbonyl (C=O) groups excluding carboxylic acids is 1. The fraction of sp³-hybridized carbons (Fsp3) is 0.692. The summed E-state index contributed by atoms with van der Waals surface area (Å²) in [6.45, 7) is 4.40. The smallest absolute Gasteiger partial charge is 0.308 e. The number of hydrogen-bond acceptors (Lipinski definition) is 2. The molecule has 0 saturated carbocycles. The van der Waals surface area contributed by atoms with Crippen LogP contribution in [0.4, 0.5) is 0 Å². The summed E-state index contributed by atoms with van der Waals surface area (Å²) in [7, 11) is 0. The Bertz CT molecular complexity index is 312. The summed E-state index contributed by atoms with van der Waals surface area (Å²) in [6.07, 6.45) is 6.80. The average Bonchev–Trinajstić information content (AvgIpc) is 2.77. The fourth-order valence-electron chi connectivity index (χ4n) is 2.03. The molecule has 4 nitrogen and oxygen atoms in total. The van der Waals surface area contributed by atoms with Gasteiger partial charge in [-0.1, -0.05) is 19.1 Å². The van der Waals surface area contributed by atoms with Crippen LogP contribution in [0.2, 0.25) is 0 Å². The van der Waals surface area contributed by atoms with Gasteiger partial charge in [-0.3, -0.25) is 9.59 Å². The molecule has 1 amide bonds. The van der Waals surface area contributed by atoms with E-state index in [4.69, 9.17) is 5.11 Å². The van der Waals surface area contributed by atoms with Crippen LogP contribution in [0.1, 0.15) is 33.1 Å². The first kappa shape index (κ1) is 13.7. The summed E-state index contributed by atoms with van der Waals surface area (Å²) < 4.78 is 0. The molecule has 0 fully saturated rings. The van der Waals surface area contributed by atoms with Gasteiger partial charge in [0, 0.05) is 19.5 Å². The van der Waals surface area contributed by atoms with Crippen LogP contribution < -0.4 is 0 Å². The number of hydrogen-bond donors (Lipinski definition) is 1. The Morgan fingerprint density at radius 3 is 2.71 bits per heavy atom. The van der Waals surface area contributed by atoms with Crippen LogP contribution in [-0.2, 0) is 9.59 Å². The maximum Gasteiger partial charge on any atom is 0.308 e. The van der Waals surface area contributed by atoms with E-state index in [1.807, 2.05) is 6.92 Å².